The van der Waals surface area contributed by atoms with Gasteiger partial charge in [-0.1, -0.05) is 0 Å². The van der Waals surface area contributed by atoms with E-state index in [0.717, 1.165) is 50.5 Å². The van der Waals surface area contributed by atoms with Crippen molar-refractivity contribution < 1.29 is 9.53 Å². The number of hydrogen-bond acceptors (Lipinski definition) is 8. The summed E-state index contributed by atoms with van der Waals surface area (Å²) < 4.78 is 4.69. The topological polar surface area (TPSA) is 84.3 Å². The first-order chi connectivity index (χ1) is 13.0. The first-order valence-corrected chi connectivity index (χ1v) is 9.21. The van der Waals surface area contributed by atoms with Crippen LogP contribution >= 0.6 is 0 Å². The second-order valence-electron chi connectivity index (χ2n) is 7.50. The molecular weight excluding hydrogens is 344 g/mol. The Labute approximate surface area is 158 Å². The number of methoxy groups -OCH3 is 1. The zero-order valence-electron chi connectivity index (χ0n) is 16.0. The Kier molecular flexibility index (Phi) is 4.41. The van der Waals surface area contributed by atoms with Crippen LogP contribution in [0.1, 0.15) is 41.0 Å². The molecule has 3 heterocycles. The Morgan fingerprint density at radius 1 is 1.19 bits per heavy atom. The Morgan fingerprint density at radius 3 is 2.74 bits per heavy atom. The van der Waals surface area contributed by atoms with Gasteiger partial charge in [0, 0.05) is 38.8 Å². The van der Waals surface area contributed by atoms with Crippen LogP contribution in [-0.2, 0) is 16.6 Å². The monoisotopic (exact) mass is 368 g/mol. The van der Waals surface area contributed by atoms with Crippen molar-refractivity contribution in [1.82, 2.24) is 19.9 Å². The van der Waals surface area contributed by atoms with Gasteiger partial charge >= 0.3 is 5.97 Å². The van der Waals surface area contributed by atoms with Crippen LogP contribution in [0.4, 0.5) is 11.8 Å². The first kappa shape index (κ1) is 17.6. The lowest BCUT2D eigenvalue weighted by atomic mass is 9.77. The normalized spacial score (nSPS) is 21.2. The summed E-state index contributed by atoms with van der Waals surface area (Å²) in [7, 11) is 5.28. The molecule has 1 unspecified atom stereocenters. The maximum atomic E-state index is 11.6. The van der Waals surface area contributed by atoms with E-state index in [1.807, 2.05) is 25.2 Å². The van der Waals surface area contributed by atoms with Crippen molar-refractivity contribution in [3.05, 3.63) is 35.5 Å². The number of aromatic nitrogens is 4. The second-order valence-corrected chi connectivity index (χ2v) is 7.50. The van der Waals surface area contributed by atoms with Crippen molar-refractivity contribution in [1.29, 1.82) is 0 Å². The van der Waals surface area contributed by atoms with Gasteiger partial charge in [0.1, 0.15) is 5.82 Å². The fraction of sp³-hybridized carbons (Fsp3) is 0.526. The Morgan fingerprint density at radius 2 is 2.04 bits per heavy atom. The molecule has 1 saturated heterocycles. The van der Waals surface area contributed by atoms with Crippen molar-refractivity contribution in [3.8, 4) is 0 Å². The number of ether oxygens (including phenoxy) is 1. The molecule has 142 valence electrons. The third-order valence-corrected chi connectivity index (χ3v) is 5.56. The van der Waals surface area contributed by atoms with Gasteiger partial charge in [-0.2, -0.15) is 0 Å². The molecule has 0 aromatic carbocycles. The summed E-state index contributed by atoms with van der Waals surface area (Å²) in [6.45, 7) is 1.78. The van der Waals surface area contributed by atoms with Gasteiger partial charge in [0.05, 0.1) is 25.2 Å². The van der Waals surface area contributed by atoms with E-state index in [-0.39, 0.29) is 11.1 Å². The molecule has 4 rings (SSSR count). The molecule has 8 heteroatoms. The third-order valence-electron chi connectivity index (χ3n) is 5.56. The number of piperidine rings is 1. The van der Waals surface area contributed by atoms with Crippen LogP contribution in [0.15, 0.2) is 18.6 Å². The summed E-state index contributed by atoms with van der Waals surface area (Å²) in [5.41, 5.74) is 2.70. The highest BCUT2D eigenvalue weighted by Crippen LogP contribution is 2.44. The van der Waals surface area contributed by atoms with Gasteiger partial charge in [-0.25, -0.2) is 24.7 Å². The molecule has 0 bridgehead atoms. The number of aryl methyl sites for hydroxylation is 1. The largest absolute Gasteiger partial charge is 0.464 e. The number of anilines is 2. The minimum absolute atomic E-state index is 0.0317. The number of fused-ring (bicyclic) bond motifs is 2. The summed E-state index contributed by atoms with van der Waals surface area (Å²) in [6.07, 6.45) is 9.41. The fourth-order valence-corrected chi connectivity index (χ4v) is 4.17. The average Bonchev–Trinajstić information content (AvgIpc) is 3.04. The molecule has 0 saturated carbocycles. The number of esters is 1. The van der Waals surface area contributed by atoms with Crippen LogP contribution in [0.25, 0.3) is 0 Å². The van der Waals surface area contributed by atoms with Gasteiger partial charge in [0.15, 0.2) is 5.69 Å². The van der Waals surface area contributed by atoms with Crippen LogP contribution in [0.5, 0.6) is 0 Å². The standard InChI is InChI=1S/C19H24N6O2/c1-24(2)18-22-9-13-5-7-19(16(13)23-18)6-4-8-25(12-19)15-11-20-14(10-21-15)17(26)27-3/h9-11H,4-8,12H2,1-3H3. The molecule has 1 fully saturated rings. The highest BCUT2D eigenvalue weighted by molar-refractivity contribution is 5.86. The molecule has 1 spiro atoms. The van der Waals surface area contributed by atoms with Crippen LogP contribution < -0.4 is 9.80 Å². The summed E-state index contributed by atoms with van der Waals surface area (Å²) in [5.74, 6) is 1.08. The van der Waals surface area contributed by atoms with Crippen LogP contribution in [0.3, 0.4) is 0 Å². The maximum Gasteiger partial charge on any atom is 0.358 e. The van der Waals surface area contributed by atoms with Gasteiger partial charge in [0.25, 0.3) is 0 Å². The number of carbonyl (C=O) groups is 1. The van der Waals surface area contributed by atoms with Crippen LogP contribution in [0.2, 0.25) is 0 Å². The van der Waals surface area contributed by atoms with Gasteiger partial charge in [-0.05, 0) is 31.2 Å². The quantitative estimate of drug-likeness (QED) is 0.756. The lowest BCUT2D eigenvalue weighted by molar-refractivity contribution is 0.0593. The Bertz CT molecular complexity index is 850. The molecule has 0 amide bonds. The van der Waals surface area contributed by atoms with E-state index in [9.17, 15) is 4.79 Å². The van der Waals surface area contributed by atoms with Gasteiger partial charge < -0.3 is 14.5 Å². The van der Waals surface area contributed by atoms with E-state index < -0.39 is 5.97 Å². The van der Waals surface area contributed by atoms with Crippen molar-refractivity contribution >= 4 is 17.7 Å². The molecule has 27 heavy (non-hydrogen) atoms. The number of rotatable bonds is 3. The summed E-state index contributed by atoms with van der Waals surface area (Å²) in [4.78, 5) is 33.8. The minimum atomic E-state index is -0.471. The summed E-state index contributed by atoms with van der Waals surface area (Å²) in [6, 6.07) is 0. The van der Waals surface area contributed by atoms with Crippen LogP contribution in [0, 0.1) is 0 Å². The average molecular weight is 368 g/mol. The molecule has 1 atom stereocenters. The van der Waals surface area contributed by atoms with E-state index in [1.54, 1.807) is 6.20 Å². The third kappa shape index (κ3) is 3.09. The number of hydrogen-bond donors (Lipinski definition) is 0. The zero-order valence-corrected chi connectivity index (χ0v) is 16.0. The lowest BCUT2D eigenvalue weighted by Gasteiger charge is -2.41. The van der Waals surface area contributed by atoms with Crippen LogP contribution in [-0.4, -0.2) is 60.2 Å². The molecule has 1 aliphatic heterocycles. The van der Waals surface area contributed by atoms with E-state index in [1.165, 1.54) is 24.6 Å². The van der Waals surface area contributed by atoms with Crippen molar-refractivity contribution in [2.45, 2.75) is 31.1 Å². The van der Waals surface area contributed by atoms with E-state index in [0.29, 0.717) is 0 Å². The predicted octanol–water partition coefficient (Wildman–Crippen LogP) is 1.60. The number of nitrogens with zero attached hydrogens (tertiary/aromatic N) is 6. The van der Waals surface area contributed by atoms with Crippen molar-refractivity contribution in [3.63, 3.8) is 0 Å². The SMILES string of the molecule is COC(=O)c1cnc(N2CCCC3(CCc4cnc(N(C)C)nc43)C2)cn1. The van der Waals surface area contributed by atoms with Gasteiger partial charge in [-0.15, -0.1) is 0 Å². The molecule has 2 aromatic rings. The van der Waals surface area contributed by atoms with E-state index >= 15 is 0 Å². The van der Waals surface area contributed by atoms with Gasteiger partial charge in [0.2, 0.25) is 5.95 Å². The van der Waals surface area contributed by atoms with E-state index in [4.69, 9.17) is 9.72 Å². The minimum Gasteiger partial charge on any atom is -0.464 e. The molecule has 0 N–H and O–H groups in total. The molecule has 2 aromatic heterocycles. The van der Waals surface area contributed by atoms with Gasteiger partial charge in [-0.3, -0.25) is 0 Å². The zero-order chi connectivity index (χ0) is 19.0. The maximum absolute atomic E-state index is 11.6. The summed E-state index contributed by atoms with van der Waals surface area (Å²) >= 11 is 0. The highest BCUT2D eigenvalue weighted by atomic mass is 16.5. The molecule has 0 radical (unpaired) electrons. The number of carbonyl (C=O) groups excluding carboxylic acids is 1. The highest BCUT2D eigenvalue weighted by Gasteiger charge is 2.44. The Hall–Kier alpha value is -2.77. The Balaban J connectivity index is 1.61. The predicted molar refractivity (Wildman–Crippen MR) is 101 cm³/mol. The first-order valence-electron chi connectivity index (χ1n) is 9.21. The molecule has 8 nitrogen and oxygen atoms in total. The fourth-order valence-electron chi connectivity index (χ4n) is 4.17. The molecule has 1 aliphatic carbocycles. The molecular formula is C19H24N6O2. The smallest absolute Gasteiger partial charge is 0.358 e. The van der Waals surface area contributed by atoms with Crippen molar-refractivity contribution in [2.24, 2.45) is 0 Å². The lowest BCUT2D eigenvalue weighted by Crippen LogP contribution is -2.46. The van der Waals surface area contributed by atoms with Crippen molar-refractivity contribution in [2.75, 3.05) is 44.1 Å². The molecule has 2 aliphatic rings. The second kappa shape index (κ2) is 6.75. The van der Waals surface area contributed by atoms with E-state index in [2.05, 4.69) is 19.9 Å². The summed E-state index contributed by atoms with van der Waals surface area (Å²) in [5, 5.41) is 0.